The number of benzene rings is 3. The zero-order valence-corrected chi connectivity index (χ0v) is 16.5. The lowest BCUT2D eigenvalue weighted by atomic mass is 10.1. The lowest BCUT2D eigenvalue weighted by Gasteiger charge is -2.29. The van der Waals surface area contributed by atoms with Crippen LogP contribution in [0.15, 0.2) is 84.9 Å². The first-order valence-corrected chi connectivity index (χ1v) is 9.79. The minimum Gasteiger partial charge on any atom is -0.489 e. The van der Waals surface area contributed by atoms with Crippen LogP contribution in [0.1, 0.15) is 41.8 Å². The SMILES string of the molecule is CCC(C)N(Cc1cccc(OCc2ccccc2)c1)C(=O)c1ccccc1. The minimum atomic E-state index is 0.0607. The highest BCUT2D eigenvalue weighted by molar-refractivity contribution is 5.94. The van der Waals surface area contributed by atoms with Gasteiger partial charge in [-0.1, -0.05) is 67.6 Å². The van der Waals surface area contributed by atoms with Crippen molar-refractivity contribution in [3.8, 4) is 5.75 Å². The number of hydrogen-bond acceptors (Lipinski definition) is 2. The zero-order chi connectivity index (χ0) is 19.8. The van der Waals surface area contributed by atoms with E-state index in [1.54, 1.807) is 0 Å². The maximum Gasteiger partial charge on any atom is 0.254 e. The fraction of sp³-hybridized carbons (Fsp3) is 0.240. The van der Waals surface area contributed by atoms with Gasteiger partial charge in [0, 0.05) is 18.2 Å². The molecule has 0 aliphatic rings. The van der Waals surface area contributed by atoms with Gasteiger partial charge in [0.25, 0.3) is 5.91 Å². The summed E-state index contributed by atoms with van der Waals surface area (Å²) in [6.07, 6.45) is 0.906. The molecule has 0 saturated heterocycles. The molecule has 0 fully saturated rings. The van der Waals surface area contributed by atoms with Crippen LogP contribution in [0.25, 0.3) is 0 Å². The Labute approximate surface area is 167 Å². The molecule has 1 atom stereocenters. The Balaban J connectivity index is 1.73. The third kappa shape index (κ3) is 5.23. The Morgan fingerprint density at radius 1 is 0.893 bits per heavy atom. The van der Waals surface area contributed by atoms with Gasteiger partial charge in [-0.05, 0) is 48.7 Å². The maximum absolute atomic E-state index is 13.0. The van der Waals surface area contributed by atoms with Crippen LogP contribution in [0.5, 0.6) is 5.75 Å². The zero-order valence-electron chi connectivity index (χ0n) is 16.5. The number of hydrogen-bond donors (Lipinski definition) is 0. The van der Waals surface area contributed by atoms with Crippen LogP contribution in [0.3, 0.4) is 0 Å². The van der Waals surface area contributed by atoms with Crippen LogP contribution in [0.2, 0.25) is 0 Å². The van der Waals surface area contributed by atoms with E-state index in [1.165, 1.54) is 0 Å². The standard InChI is InChI=1S/C25H27NO2/c1-3-20(2)26(25(27)23-14-8-5-9-15-23)18-22-13-10-16-24(17-22)28-19-21-11-6-4-7-12-21/h4-17,20H,3,18-19H2,1-2H3. The van der Waals surface area contributed by atoms with Crippen molar-refractivity contribution in [2.75, 3.05) is 0 Å². The second-order valence-corrected chi connectivity index (χ2v) is 6.98. The minimum absolute atomic E-state index is 0.0607. The highest BCUT2D eigenvalue weighted by atomic mass is 16.5. The summed E-state index contributed by atoms with van der Waals surface area (Å²) >= 11 is 0. The monoisotopic (exact) mass is 373 g/mol. The molecule has 0 saturated carbocycles. The van der Waals surface area contributed by atoms with Gasteiger partial charge in [-0.2, -0.15) is 0 Å². The molecular formula is C25H27NO2. The molecule has 0 aliphatic carbocycles. The van der Waals surface area contributed by atoms with Crippen molar-refractivity contribution >= 4 is 5.91 Å². The summed E-state index contributed by atoms with van der Waals surface area (Å²) < 4.78 is 5.94. The van der Waals surface area contributed by atoms with E-state index in [4.69, 9.17) is 4.74 Å². The first-order chi connectivity index (χ1) is 13.7. The predicted molar refractivity (Wildman–Crippen MR) is 113 cm³/mol. The van der Waals surface area contributed by atoms with E-state index in [1.807, 2.05) is 89.8 Å². The Morgan fingerprint density at radius 2 is 1.54 bits per heavy atom. The molecule has 0 N–H and O–H groups in total. The van der Waals surface area contributed by atoms with Gasteiger partial charge in [-0.15, -0.1) is 0 Å². The smallest absolute Gasteiger partial charge is 0.254 e. The normalized spacial score (nSPS) is 11.6. The van der Waals surface area contributed by atoms with Crippen LogP contribution >= 0.6 is 0 Å². The molecule has 3 heteroatoms. The molecular weight excluding hydrogens is 346 g/mol. The molecule has 3 aromatic rings. The summed E-state index contributed by atoms with van der Waals surface area (Å²) in [7, 11) is 0. The van der Waals surface area contributed by atoms with E-state index in [9.17, 15) is 4.79 Å². The topological polar surface area (TPSA) is 29.5 Å². The molecule has 3 nitrogen and oxygen atoms in total. The number of rotatable bonds is 8. The van der Waals surface area contributed by atoms with Crippen molar-refractivity contribution in [1.82, 2.24) is 4.90 Å². The Kier molecular flexibility index (Phi) is 6.85. The van der Waals surface area contributed by atoms with Gasteiger partial charge >= 0.3 is 0 Å². The van der Waals surface area contributed by atoms with Crippen molar-refractivity contribution in [3.05, 3.63) is 102 Å². The molecule has 0 spiro atoms. The number of carbonyl (C=O) groups is 1. The lowest BCUT2D eigenvalue weighted by Crippen LogP contribution is -2.37. The Hall–Kier alpha value is -3.07. The number of amides is 1. The van der Waals surface area contributed by atoms with Crippen molar-refractivity contribution < 1.29 is 9.53 Å². The first-order valence-electron chi connectivity index (χ1n) is 9.79. The lowest BCUT2D eigenvalue weighted by molar-refractivity contribution is 0.0671. The molecule has 0 aromatic heterocycles. The van der Waals surface area contributed by atoms with E-state index < -0.39 is 0 Å². The van der Waals surface area contributed by atoms with Crippen LogP contribution in [-0.2, 0) is 13.2 Å². The number of nitrogens with zero attached hydrogens (tertiary/aromatic N) is 1. The number of carbonyl (C=O) groups excluding carboxylic acids is 1. The average molecular weight is 373 g/mol. The van der Waals surface area contributed by atoms with Gasteiger partial charge in [0.15, 0.2) is 0 Å². The van der Waals surface area contributed by atoms with Gasteiger partial charge in [0.2, 0.25) is 0 Å². The van der Waals surface area contributed by atoms with Gasteiger partial charge in [0.05, 0.1) is 0 Å². The summed E-state index contributed by atoms with van der Waals surface area (Å²) in [5, 5.41) is 0. The van der Waals surface area contributed by atoms with E-state index in [0.29, 0.717) is 13.2 Å². The summed E-state index contributed by atoms with van der Waals surface area (Å²) in [5.74, 6) is 0.878. The summed E-state index contributed by atoms with van der Waals surface area (Å²) in [5.41, 5.74) is 2.92. The molecule has 3 rings (SSSR count). The van der Waals surface area contributed by atoms with Crippen LogP contribution in [-0.4, -0.2) is 16.8 Å². The summed E-state index contributed by atoms with van der Waals surface area (Å²) in [4.78, 5) is 15.0. The van der Waals surface area contributed by atoms with E-state index in [-0.39, 0.29) is 11.9 Å². The largest absolute Gasteiger partial charge is 0.489 e. The third-order valence-electron chi connectivity index (χ3n) is 4.90. The highest BCUT2D eigenvalue weighted by Crippen LogP contribution is 2.20. The maximum atomic E-state index is 13.0. The average Bonchev–Trinajstić information content (AvgIpc) is 2.76. The van der Waals surface area contributed by atoms with Crippen molar-refractivity contribution in [3.63, 3.8) is 0 Å². The third-order valence-corrected chi connectivity index (χ3v) is 4.90. The van der Waals surface area contributed by atoms with Gasteiger partial charge in [-0.3, -0.25) is 4.79 Å². The van der Waals surface area contributed by atoms with Gasteiger partial charge in [-0.25, -0.2) is 0 Å². The molecule has 0 aliphatic heterocycles. The van der Waals surface area contributed by atoms with Crippen molar-refractivity contribution in [1.29, 1.82) is 0 Å². The molecule has 0 bridgehead atoms. The molecule has 28 heavy (non-hydrogen) atoms. The van der Waals surface area contributed by atoms with Crippen molar-refractivity contribution in [2.24, 2.45) is 0 Å². The van der Waals surface area contributed by atoms with Crippen LogP contribution in [0, 0.1) is 0 Å². The summed E-state index contributed by atoms with van der Waals surface area (Å²) in [6.45, 7) is 5.29. The van der Waals surface area contributed by atoms with E-state index in [0.717, 1.165) is 28.9 Å². The van der Waals surface area contributed by atoms with E-state index in [2.05, 4.69) is 13.8 Å². The van der Waals surface area contributed by atoms with Crippen molar-refractivity contribution in [2.45, 2.75) is 39.5 Å². The number of ether oxygens (including phenoxy) is 1. The molecule has 1 unspecified atom stereocenters. The Bertz CT molecular complexity index is 877. The second-order valence-electron chi connectivity index (χ2n) is 6.98. The first kappa shape index (κ1) is 19.7. The molecule has 0 heterocycles. The molecule has 0 radical (unpaired) electrons. The molecule has 144 valence electrons. The quantitative estimate of drug-likeness (QED) is 0.506. The Morgan fingerprint density at radius 3 is 2.21 bits per heavy atom. The van der Waals surface area contributed by atoms with Gasteiger partial charge in [0.1, 0.15) is 12.4 Å². The summed E-state index contributed by atoms with van der Waals surface area (Å²) in [6, 6.07) is 27.8. The fourth-order valence-electron chi connectivity index (χ4n) is 3.07. The van der Waals surface area contributed by atoms with Crippen LogP contribution < -0.4 is 4.74 Å². The second kappa shape index (κ2) is 9.75. The highest BCUT2D eigenvalue weighted by Gasteiger charge is 2.20. The predicted octanol–water partition coefficient (Wildman–Crippen LogP) is 5.71. The van der Waals surface area contributed by atoms with E-state index >= 15 is 0 Å². The molecule has 1 amide bonds. The van der Waals surface area contributed by atoms with Gasteiger partial charge < -0.3 is 9.64 Å². The van der Waals surface area contributed by atoms with Crippen LogP contribution in [0.4, 0.5) is 0 Å². The molecule has 3 aromatic carbocycles. The fourth-order valence-corrected chi connectivity index (χ4v) is 3.07.